The second-order valence-corrected chi connectivity index (χ2v) is 7.79. The first-order valence-corrected chi connectivity index (χ1v) is 8.53. The average Bonchev–Trinajstić information content (AvgIpc) is 2.47. The number of hydrogen-bond acceptors (Lipinski definition) is 3. The molecular formula is C17H27BrN2O. The molecule has 1 aromatic rings. The first-order valence-electron chi connectivity index (χ1n) is 7.74. The summed E-state index contributed by atoms with van der Waals surface area (Å²) < 4.78 is 6.45. The summed E-state index contributed by atoms with van der Waals surface area (Å²) in [5.74, 6) is 7.39. The largest absolute Gasteiger partial charge is 0.497 e. The molecule has 1 saturated carbocycles. The molecule has 2 rings (SSSR count). The first-order chi connectivity index (χ1) is 9.95. The Kier molecular flexibility index (Phi) is 5.69. The summed E-state index contributed by atoms with van der Waals surface area (Å²) in [7, 11) is 1.70. The zero-order chi connectivity index (χ0) is 15.5. The molecule has 0 bridgehead atoms. The van der Waals surface area contributed by atoms with Crippen LogP contribution in [0.25, 0.3) is 0 Å². The molecule has 3 nitrogen and oxygen atoms in total. The van der Waals surface area contributed by atoms with Gasteiger partial charge in [-0.05, 0) is 67.2 Å². The first kappa shape index (κ1) is 16.8. The smallest absolute Gasteiger partial charge is 0.119 e. The zero-order valence-corrected chi connectivity index (χ0v) is 14.9. The van der Waals surface area contributed by atoms with Gasteiger partial charge in [0.25, 0.3) is 0 Å². The third-order valence-corrected chi connectivity index (χ3v) is 5.63. The Bertz CT molecular complexity index is 466. The average molecular weight is 355 g/mol. The van der Waals surface area contributed by atoms with Gasteiger partial charge < -0.3 is 4.74 Å². The third kappa shape index (κ3) is 4.44. The monoisotopic (exact) mass is 354 g/mol. The quantitative estimate of drug-likeness (QED) is 0.619. The van der Waals surface area contributed by atoms with Crippen molar-refractivity contribution in [2.24, 2.45) is 17.2 Å². The number of halogens is 1. The number of nitrogens with two attached hydrogens (primary N) is 1. The van der Waals surface area contributed by atoms with Crippen LogP contribution in [0.15, 0.2) is 22.7 Å². The van der Waals surface area contributed by atoms with Crippen molar-refractivity contribution in [3.8, 4) is 5.75 Å². The van der Waals surface area contributed by atoms with E-state index < -0.39 is 0 Å². The van der Waals surface area contributed by atoms with Crippen LogP contribution < -0.4 is 16.0 Å². The van der Waals surface area contributed by atoms with Crippen molar-refractivity contribution in [1.82, 2.24) is 5.43 Å². The van der Waals surface area contributed by atoms with Crippen molar-refractivity contribution in [2.75, 3.05) is 7.11 Å². The number of nitrogens with one attached hydrogen (secondary N) is 1. The summed E-state index contributed by atoms with van der Waals surface area (Å²) in [5, 5.41) is 0. The molecule has 1 aromatic carbocycles. The van der Waals surface area contributed by atoms with Gasteiger partial charge in [-0.2, -0.15) is 0 Å². The predicted octanol–water partition coefficient (Wildman–Crippen LogP) is 4.05. The Morgan fingerprint density at radius 3 is 2.62 bits per heavy atom. The normalized spacial score (nSPS) is 20.2. The molecule has 1 aliphatic rings. The molecule has 0 heterocycles. The Hall–Kier alpha value is -0.580. The number of benzene rings is 1. The fourth-order valence-electron chi connectivity index (χ4n) is 3.26. The van der Waals surface area contributed by atoms with Crippen LogP contribution in [0.2, 0.25) is 0 Å². The number of rotatable bonds is 5. The van der Waals surface area contributed by atoms with Gasteiger partial charge in [0, 0.05) is 10.5 Å². The molecule has 21 heavy (non-hydrogen) atoms. The molecular weight excluding hydrogens is 328 g/mol. The van der Waals surface area contributed by atoms with Gasteiger partial charge in [0.05, 0.1) is 7.11 Å². The van der Waals surface area contributed by atoms with E-state index in [1.165, 1.54) is 31.2 Å². The third-order valence-electron chi connectivity index (χ3n) is 4.86. The van der Waals surface area contributed by atoms with Crippen LogP contribution in [0.3, 0.4) is 0 Å². The lowest BCUT2D eigenvalue weighted by Gasteiger charge is -2.38. The Morgan fingerprint density at radius 2 is 2.05 bits per heavy atom. The SMILES string of the molecule is COc1ccc(Br)c(CC(NN)C2CCC(C)(C)CC2)c1. The predicted molar refractivity (Wildman–Crippen MR) is 91.2 cm³/mol. The van der Waals surface area contributed by atoms with Crippen LogP contribution in [0.1, 0.15) is 45.1 Å². The van der Waals surface area contributed by atoms with Gasteiger partial charge in [0.1, 0.15) is 5.75 Å². The molecule has 1 unspecified atom stereocenters. The van der Waals surface area contributed by atoms with Crippen molar-refractivity contribution >= 4 is 15.9 Å². The van der Waals surface area contributed by atoms with E-state index in [1.54, 1.807) is 7.11 Å². The van der Waals surface area contributed by atoms with E-state index in [2.05, 4.69) is 41.3 Å². The van der Waals surface area contributed by atoms with Gasteiger partial charge in [-0.1, -0.05) is 29.8 Å². The molecule has 1 atom stereocenters. The Morgan fingerprint density at radius 1 is 1.38 bits per heavy atom. The van der Waals surface area contributed by atoms with Crippen LogP contribution in [0, 0.1) is 11.3 Å². The van der Waals surface area contributed by atoms with Crippen LogP contribution in [-0.4, -0.2) is 13.2 Å². The highest BCUT2D eigenvalue weighted by atomic mass is 79.9. The minimum absolute atomic E-state index is 0.324. The van der Waals surface area contributed by atoms with Crippen molar-refractivity contribution in [3.05, 3.63) is 28.2 Å². The molecule has 0 radical (unpaired) electrons. The molecule has 0 aliphatic heterocycles. The molecule has 1 aliphatic carbocycles. The van der Waals surface area contributed by atoms with Crippen LogP contribution in [-0.2, 0) is 6.42 Å². The van der Waals surface area contributed by atoms with E-state index >= 15 is 0 Å². The summed E-state index contributed by atoms with van der Waals surface area (Å²) in [4.78, 5) is 0. The maximum Gasteiger partial charge on any atom is 0.119 e. The topological polar surface area (TPSA) is 47.3 Å². The number of hydrogen-bond donors (Lipinski definition) is 2. The van der Waals surface area contributed by atoms with E-state index in [0.717, 1.165) is 16.6 Å². The molecule has 0 saturated heterocycles. The molecule has 0 amide bonds. The van der Waals surface area contributed by atoms with Gasteiger partial charge in [0.15, 0.2) is 0 Å². The highest BCUT2D eigenvalue weighted by molar-refractivity contribution is 9.10. The standard InChI is InChI=1S/C17H27BrN2O/c1-17(2)8-6-12(7-9-17)16(20-19)11-13-10-14(21-3)4-5-15(13)18/h4-5,10,12,16,20H,6-9,11,19H2,1-3H3. The molecule has 118 valence electrons. The Labute approximate surface area is 136 Å². The van der Waals surface area contributed by atoms with Crippen LogP contribution in [0.5, 0.6) is 5.75 Å². The van der Waals surface area contributed by atoms with E-state index in [4.69, 9.17) is 10.6 Å². The van der Waals surface area contributed by atoms with Crippen LogP contribution in [0.4, 0.5) is 0 Å². The fraction of sp³-hybridized carbons (Fsp3) is 0.647. The summed E-state index contributed by atoms with van der Waals surface area (Å²) in [6, 6.07) is 6.44. The molecule has 3 N–H and O–H groups in total. The zero-order valence-electron chi connectivity index (χ0n) is 13.3. The summed E-state index contributed by atoms with van der Waals surface area (Å²) in [6.45, 7) is 4.74. The number of methoxy groups -OCH3 is 1. The Balaban J connectivity index is 2.06. The van der Waals surface area contributed by atoms with Crippen molar-refractivity contribution in [2.45, 2.75) is 52.0 Å². The maximum atomic E-state index is 5.84. The van der Waals surface area contributed by atoms with Crippen molar-refractivity contribution < 1.29 is 4.74 Å². The second-order valence-electron chi connectivity index (χ2n) is 6.94. The van der Waals surface area contributed by atoms with E-state index in [9.17, 15) is 0 Å². The summed E-state index contributed by atoms with van der Waals surface area (Å²) in [6.07, 6.45) is 6.01. The minimum atomic E-state index is 0.324. The van der Waals surface area contributed by atoms with E-state index in [-0.39, 0.29) is 0 Å². The van der Waals surface area contributed by atoms with E-state index in [0.29, 0.717) is 17.4 Å². The molecule has 0 spiro atoms. The van der Waals surface area contributed by atoms with Gasteiger partial charge >= 0.3 is 0 Å². The lowest BCUT2D eigenvalue weighted by atomic mass is 9.70. The lowest BCUT2D eigenvalue weighted by Crippen LogP contribution is -2.44. The maximum absolute atomic E-state index is 5.84. The molecule has 1 fully saturated rings. The summed E-state index contributed by atoms with van der Waals surface area (Å²) in [5.41, 5.74) is 4.79. The van der Waals surface area contributed by atoms with Crippen LogP contribution >= 0.6 is 15.9 Å². The van der Waals surface area contributed by atoms with Gasteiger partial charge in [-0.3, -0.25) is 11.3 Å². The molecule has 0 aromatic heterocycles. The minimum Gasteiger partial charge on any atom is -0.497 e. The van der Waals surface area contributed by atoms with Gasteiger partial charge in [0.2, 0.25) is 0 Å². The van der Waals surface area contributed by atoms with Gasteiger partial charge in [-0.15, -0.1) is 0 Å². The van der Waals surface area contributed by atoms with Crippen molar-refractivity contribution in [3.63, 3.8) is 0 Å². The van der Waals surface area contributed by atoms with Gasteiger partial charge in [-0.25, -0.2) is 0 Å². The lowest BCUT2D eigenvalue weighted by molar-refractivity contribution is 0.161. The number of ether oxygens (including phenoxy) is 1. The highest BCUT2D eigenvalue weighted by Crippen LogP contribution is 2.40. The number of hydrazine groups is 1. The van der Waals surface area contributed by atoms with Crippen molar-refractivity contribution in [1.29, 1.82) is 0 Å². The highest BCUT2D eigenvalue weighted by Gasteiger charge is 2.31. The fourth-order valence-corrected chi connectivity index (χ4v) is 3.67. The summed E-state index contributed by atoms with van der Waals surface area (Å²) >= 11 is 3.64. The van der Waals surface area contributed by atoms with E-state index in [1.807, 2.05) is 12.1 Å². The molecule has 4 heteroatoms. The second kappa shape index (κ2) is 7.12.